The van der Waals surface area contributed by atoms with E-state index in [9.17, 15) is 13.2 Å². The summed E-state index contributed by atoms with van der Waals surface area (Å²) in [5.41, 5.74) is 0.470. The Kier molecular flexibility index (Phi) is 3.41. The summed E-state index contributed by atoms with van der Waals surface area (Å²) >= 11 is 0. The molecule has 1 aliphatic carbocycles. The molecule has 1 nitrogen and oxygen atoms in total. The molecule has 2 rings (SSSR count). The highest BCUT2D eigenvalue weighted by Crippen LogP contribution is 2.52. The fraction of sp³-hybridized carbons (Fsp3) is 0.571. The van der Waals surface area contributed by atoms with Crippen molar-refractivity contribution in [1.29, 1.82) is 0 Å². The monoisotopic (exact) mass is 257 g/mol. The highest BCUT2D eigenvalue weighted by molar-refractivity contribution is 5.29. The second-order valence-corrected chi connectivity index (χ2v) is 5.52. The molecule has 0 aromatic heterocycles. The fourth-order valence-electron chi connectivity index (χ4n) is 2.86. The van der Waals surface area contributed by atoms with Crippen LogP contribution in [0.3, 0.4) is 0 Å². The minimum atomic E-state index is -1.39. The molecule has 1 fully saturated rings. The first kappa shape index (κ1) is 13.4. The predicted octanol–water partition coefficient (Wildman–Crippen LogP) is 3.60. The summed E-state index contributed by atoms with van der Waals surface area (Å²) in [5.74, 6) is -3.54. The standard InChI is InChI=1S/C14H18F3N/c1-4-18-12-7-9(14(12,2)3)8-5-10(15)13(17)11(16)6-8/h5-6,9,12,18H,4,7H2,1-3H3. The van der Waals surface area contributed by atoms with Gasteiger partial charge in [-0.1, -0.05) is 20.8 Å². The molecule has 0 radical (unpaired) electrons. The van der Waals surface area contributed by atoms with E-state index in [1.165, 1.54) is 0 Å². The molecule has 0 heterocycles. The Morgan fingerprint density at radius 1 is 1.22 bits per heavy atom. The van der Waals surface area contributed by atoms with Gasteiger partial charge in [0.25, 0.3) is 0 Å². The van der Waals surface area contributed by atoms with Crippen LogP contribution in [0.2, 0.25) is 0 Å². The first-order valence-corrected chi connectivity index (χ1v) is 6.25. The first-order chi connectivity index (χ1) is 8.37. The smallest absolute Gasteiger partial charge is 0.194 e. The third-order valence-electron chi connectivity index (χ3n) is 4.13. The zero-order valence-corrected chi connectivity index (χ0v) is 10.9. The first-order valence-electron chi connectivity index (χ1n) is 6.25. The lowest BCUT2D eigenvalue weighted by Crippen LogP contribution is -2.55. The van der Waals surface area contributed by atoms with Crippen molar-refractivity contribution in [3.05, 3.63) is 35.1 Å². The third-order valence-corrected chi connectivity index (χ3v) is 4.13. The van der Waals surface area contributed by atoms with Gasteiger partial charge in [0, 0.05) is 6.04 Å². The largest absolute Gasteiger partial charge is 0.314 e. The molecular weight excluding hydrogens is 239 g/mol. The van der Waals surface area contributed by atoms with Gasteiger partial charge in [-0.25, -0.2) is 13.2 Å². The van der Waals surface area contributed by atoms with Crippen molar-refractivity contribution in [3.63, 3.8) is 0 Å². The van der Waals surface area contributed by atoms with Crippen LogP contribution in [0.15, 0.2) is 12.1 Å². The van der Waals surface area contributed by atoms with Crippen molar-refractivity contribution >= 4 is 0 Å². The number of benzene rings is 1. The molecule has 0 saturated heterocycles. The number of rotatable bonds is 3. The maximum Gasteiger partial charge on any atom is 0.194 e. The van der Waals surface area contributed by atoms with Gasteiger partial charge < -0.3 is 5.32 Å². The fourth-order valence-corrected chi connectivity index (χ4v) is 2.86. The Balaban J connectivity index is 2.25. The number of hydrogen-bond donors (Lipinski definition) is 1. The lowest BCUT2D eigenvalue weighted by Gasteiger charge is -2.53. The van der Waals surface area contributed by atoms with E-state index >= 15 is 0 Å². The quantitative estimate of drug-likeness (QED) is 0.816. The molecule has 0 amide bonds. The summed E-state index contributed by atoms with van der Waals surface area (Å²) in [6.45, 7) is 7.02. The third kappa shape index (κ3) is 2.03. The van der Waals surface area contributed by atoms with Crippen LogP contribution >= 0.6 is 0 Å². The molecule has 4 heteroatoms. The zero-order valence-electron chi connectivity index (χ0n) is 10.9. The number of hydrogen-bond acceptors (Lipinski definition) is 1. The SMILES string of the molecule is CCNC1CC(c2cc(F)c(F)c(F)c2)C1(C)C. The van der Waals surface area contributed by atoms with Gasteiger partial charge in [0.1, 0.15) is 0 Å². The van der Waals surface area contributed by atoms with E-state index < -0.39 is 17.5 Å². The molecule has 1 N–H and O–H groups in total. The van der Waals surface area contributed by atoms with Crippen molar-refractivity contribution < 1.29 is 13.2 Å². The maximum atomic E-state index is 13.2. The summed E-state index contributed by atoms with van der Waals surface area (Å²) < 4.78 is 39.4. The van der Waals surface area contributed by atoms with Crippen molar-refractivity contribution in [1.82, 2.24) is 5.32 Å². The number of nitrogens with one attached hydrogen (secondary N) is 1. The second-order valence-electron chi connectivity index (χ2n) is 5.52. The van der Waals surface area contributed by atoms with Crippen molar-refractivity contribution in [2.24, 2.45) is 5.41 Å². The molecule has 1 aromatic rings. The van der Waals surface area contributed by atoms with Crippen LogP contribution in [-0.2, 0) is 0 Å². The Bertz CT molecular complexity index is 433. The average Bonchev–Trinajstić information content (AvgIpc) is 2.30. The summed E-state index contributed by atoms with van der Waals surface area (Å²) in [6, 6.07) is 2.57. The normalized spacial score (nSPS) is 25.9. The maximum absolute atomic E-state index is 13.2. The Hall–Kier alpha value is -1.03. The van der Waals surface area contributed by atoms with Crippen molar-refractivity contribution in [2.75, 3.05) is 6.54 Å². The highest BCUT2D eigenvalue weighted by atomic mass is 19.2. The van der Waals surface area contributed by atoms with Gasteiger partial charge >= 0.3 is 0 Å². The van der Waals surface area contributed by atoms with Crippen LogP contribution in [0.4, 0.5) is 13.2 Å². The van der Waals surface area contributed by atoms with Gasteiger partial charge in [-0.2, -0.15) is 0 Å². The van der Waals surface area contributed by atoms with Crippen molar-refractivity contribution in [3.8, 4) is 0 Å². The Labute approximate surface area is 105 Å². The van der Waals surface area contributed by atoms with Crippen LogP contribution in [0.1, 0.15) is 38.7 Å². The summed E-state index contributed by atoms with van der Waals surface area (Å²) in [6.07, 6.45) is 0.825. The molecule has 1 aliphatic rings. The molecule has 1 aromatic carbocycles. The lowest BCUT2D eigenvalue weighted by molar-refractivity contribution is 0.0701. The van der Waals surface area contributed by atoms with E-state index in [0.717, 1.165) is 25.1 Å². The predicted molar refractivity (Wildman–Crippen MR) is 64.9 cm³/mol. The zero-order chi connectivity index (χ0) is 13.5. The van der Waals surface area contributed by atoms with E-state index in [-0.39, 0.29) is 11.3 Å². The van der Waals surface area contributed by atoms with E-state index in [1.807, 2.05) is 6.92 Å². The molecule has 2 unspecified atom stereocenters. The average molecular weight is 257 g/mol. The van der Waals surface area contributed by atoms with Crippen LogP contribution in [0, 0.1) is 22.9 Å². The van der Waals surface area contributed by atoms with Crippen LogP contribution in [0.5, 0.6) is 0 Å². The minimum absolute atomic E-state index is 0.0612. The van der Waals surface area contributed by atoms with Crippen LogP contribution in [-0.4, -0.2) is 12.6 Å². The molecule has 0 bridgehead atoms. The minimum Gasteiger partial charge on any atom is -0.314 e. The van der Waals surface area contributed by atoms with Gasteiger partial charge in [0.05, 0.1) is 0 Å². The molecule has 18 heavy (non-hydrogen) atoms. The molecule has 0 aliphatic heterocycles. The van der Waals surface area contributed by atoms with E-state index in [1.54, 1.807) is 0 Å². The van der Waals surface area contributed by atoms with E-state index in [4.69, 9.17) is 0 Å². The Morgan fingerprint density at radius 3 is 2.22 bits per heavy atom. The molecule has 100 valence electrons. The topological polar surface area (TPSA) is 12.0 Å². The van der Waals surface area contributed by atoms with Crippen LogP contribution in [0.25, 0.3) is 0 Å². The van der Waals surface area contributed by atoms with E-state index in [0.29, 0.717) is 11.6 Å². The second kappa shape index (κ2) is 4.57. The molecule has 0 spiro atoms. The molecule has 1 saturated carbocycles. The lowest BCUT2D eigenvalue weighted by atomic mass is 9.56. The Morgan fingerprint density at radius 2 is 1.78 bits per heavy atom. The molecular formula is C14H18F3N. The molecule has 2 atom stereocenters. The van der Waals surface area contributed by atoms with E-state index in [2.05, 4.69) is 19.2 Å². The van der Waals surface area contributed by atoms with Gasteiger partial charge in [-0.15, -0.1) is 0 Å². The number of halogens is 3. The van der Waals surface area contributed by atoms with Gasteiger partial charge in [0.15, 0.2) is 17.5 Å². The van der Waals surface area contributed by atoms with Gasteiger partial charge in [-0.05, 0) is 42.0 Å². The van der Waals surface area contributed by atoms with Gasteiger partial charge in [0.2, 0.25) is 0 Å². The summed E-state index contributed by atoms with van der Waals surface area (Å²) in [4.78, 5) is 0. The summed E-state index contributed by atoms with van der Waals surface area (Å²) in [5, 5.41) is 3.35. The van der Waals surface area contributed by atoms with Gasteiger partial charge in [-0.3, -0.25) is 0 Å². The highest BCUT2D eigenvalue weighted by Gasteiger charge is 2.48. The summed E-state index contributed by atoms with van der Waals surface area (Å²) in [7, 11) is 0. The van der Waals surface area contributed by atoms with Crippen molar-refractivity contribution in [2.45, 2.75) is 39.2 Å². The van der Waals surface area contributed by atoms with Crippen LogP contribution < -0.4 is 5.32 Å².